The molecule has 0 N–H and O–H groups in total. The van der Waals surface area contributed by atoms with Gasteiger partial charge in [0, 0.05) is 38.2 Å². The van der Waals surface area contributed by atoms with Crippen LogP contribution >= 0.6 is 47.0 Å². The lowest BCUT2D eigenvalue weighted by atomic mass is 9.99. The lowest BCUT2D eigenvalue weighted by molar-refractivity contribution is 0.519. The predicted molar refractivity (Wildman–Crippen MR) is 169 cm³/mol. The average molecular weight is 581 g/mol. The first-order valence-electron chi connectivity index (χ1n) is 12.1. The molecule has 0 bridgehead atoms. The van der Waals surface area contributed by atoms with Crippen molar-refractivity contribution in [3.63, 3.8) is 0 Å². The third-order valence-electron chi connectivity index (χ3n) is 6.32. The summed E-state index contributed by atoms with van der Waals surface area (Å²) in [4.78, 5) is 5.26. The number of nitrogens with zero attached hydrogens (tertiary/aromatic N) is 4. The summed E-state index contributed by atoms with van der Waals surface area (Å²) in [5.74, 6) is 4.21. The molecule has 192 valence electrons. The zero-order valence-corrected chi connectivity index (χ0v) is 24.8. The van der Waals surface area contributed by atoms with Crippen LogP contribution in [-0.2, 0) is 0 Å². The summed E-state index contributed by atoms with van der Waals surface area (Å²) in [6, 6.07) is 23.9. The largest absolute Gasteiger partial charge is 0.192 e. The van der Waals surface area contributed by atoms with Crippen LogP contribution in [0.25, 0.3) is 22.0 Å². The van der Waals surface area contributed by atoms with Gasteiger partial charge in [0.25, 0.3) is 0 Å². The van der Waals surface area contributed by atoms with Gasteiger partial charge in [-0.15, -0.1) is 47.0 Å². The average Bonchev–Trinajstić information content (AvgIpc) is 3.24. The van der Waals surface area contributed by atoms with Crippen molar-refractivity contribution in [1.29, 1.82) is 21.0 Å². The summed E-state index contributed by atoms with van der Waals surface area (Å²) in [7, 11) is 0. The molecule has 0 aliphatic carbocycles. The van der Waals surface area contributed by atoms with E-state index in [4.69, 9.17) is 21.0 Å². The Hall–Kier alpha value is -3.24. The van der Waals surface area contributed by atoms with Crippen molar-refractivity contribution in [3.05, 3.63) is 91.7 Å². The van der Waals surface area contributed by atoms with Crippen LogP contribution in [0.5, 0.6) is 0 Å². The Bertz CT molecular complexity index is 1400. The van der Waals surface area contributed by atoms with Crippen molar-refractivity contribution in [2.45, 2.75) is 13.8 Å². The maximum absolute atomic E-state index is 9.02. The van der Waals surface area contributed by atoms with E-state index in [0.717, 1.165) is 34.1 Å². The van der Waals surface area contributed by atoms with E-state index in [1.165, 1.54) is 30.7 Å². The number of rotatable bonds is 4. The van der Waals surface area contributed by atoms with Gasteiger partial charge in [-0.1, -0.05) is 48.5 Å². The molecule has 0 fully saturated rings. The molecule has 0 aromatic heterocycles. The lowest BCUT2D eigenvalue weighted by Crippen LogP contribution is -2.31. The van der Waals surface area contributed by atoms with Crippen LogP contribution < -0.4 is 0 Å². The van der Waals surface area contributed by atoms with Gasteiger partial charge in [-0.25, -0.2) is 0 Å². The van der Waals surface area contributed by atoms with Crippen molar-refractivity contribution in [2.24, 2.45) is 5.41 Å². The quantitative estimate of drug-likeness (QED) is 0.332. The summed E-state index contributed by atoms with van der Waals surface area (Å²) in [6.45, 7) is 4.41. The molecule has 0 radical (unpaired) electrons. The molecule has 2 aromatic rings. The predicted octanol–water partition coefficient (Wildman–Crippen LogP) is 8.57. The van der Waals surface area contributed by atoms with E-state index in [1.54, 1.807) is 12.2 Å². The highest BCUT2D eigenvalue weighted by Gasteiger charge is 2.36. The maximum Gasteiger partial charge on any atom is 0.130 e. The van der Waals surface area contributed by atoms with E-state index in [1.807, 2.05) is 95.6 Å². The molecule has 0 atom stereocenters. The van der Waals surface area contributed by atoms with Gasteiger partial charge in [0.1, 0.15) is 35.4 Å². The summed E-state index contributed by atoms with van der Waals surface area (Å²) in [6.07, 6.45) is 3.23. The molecule has 8 heteroatoms. The number of nitriles is 4. The van der Waals surface area contributed by atoms with Crippen molar-refractivity contribution >= 4 is 69.0 Å². The van der Waals surface area contributed by atoms with Crippen LogP contribution in [0, 0.1) is 50.7 Å². The molecule has 2 aliphatic heterocycles. The topological polar surface area (TPSA) is 95.2 Å². The number of allylic oxidation sites excluding steroid dienone is 4. The van der Waals surface area contributed by atoms with E-state index >= 15 is 0 Å². The molecule has 2 aromatic carbocycles. The highest BCUT2D eigenvalue weighted by atomic mass is 32.2. The standard InChI is InChI=1S/C31H24N4S4/c1-21-29(27-7-3-23(4-8-27)11-25(13-32)14-33)38-19-31(17-36-21)18-37-22(2)30(39-20-31)28-9-5-24(6-10-28)12-26(15-34)16-35/h3-12H,17-20H2,1-2H3. The summed E-state index contributed by atoms with van der Waals surface area (Å²) >= 11 is 7.76. The normalized spacial score (nSPS) is 16.6. The molecule has 0 saturated heterocycles. The SMILES string of the molecule is CC1=C(c2ccc(C=C(C#N)C#N)cc2)SCC2(CS1)CSC(C)=C(c1ccc(C=C(C#N)C#N)cc1)SC2. The Morgan fingerprint density at radius 2 is 0.923 bits per heavy atom. The molecule has 4 rings (SSSR count). The number of benzene rings is 2. The van der Waals surface area contributed by atoms with Crippen LogP contribution in [0.15, 0.2) is 69.5 Å². The minimum absolute atomic E-state index is 0.103. The number of hydrogen-bond acceptors (Lipinski definition) is 8. The van der Waals surface area contributed by atoms with E-state index in [9.17, 15) is 0 Å². The molecule has 2 heterocycles. The van der Waals surface area contributed by atoms with Gasteiger partial charge in [-0.3, -0.25) is 0 Å². The second kappa shape index (κ2) is 13.2. The smallest absolute Gasteiger partial charge is 0.130 e. The van der Waals surface area contributed by atoms with Gasteiger partial charge >= 0.3 is 0 Å². The van der Waals surface area contributed by atoms with Gasteiger partial charge in [0.05, 0.1) is 0 Å². The van der Waals surface area contributed by atoms with Gasteiger partial charge < -0.3 is 0 Å². The number of thioether (sulfide) groups is 4. The molecule has 0 saturated carbocycles. The second-order valence-corrected chi connectivity index (χ2v) is 13.6. The fourth-order valence-electron chi connectivity index (χ4n) is 4.10. The van der Waals surface area contributed by atoms with Gasteiger partial charge in [0.2, 0.25) is 0 Å². The summed E-state index contributed by atoms with van der Waals surface area (Å²) in [5, 5.41) is 36.1. The highest BCUT2D eigenvalue weighted by molar-refractivity contribution is 8.13. The minimum Gasteiger partial charge on any atom is -0.192 e. The fourth-order valence-corrected chi connectivity index (χ4v) is 10.3. The Kier molecular flexibility index (Phi) is 9.74. The van der Waals surface area contributed by atoms with Crippen LogP contribution in [0.3, 0.4) is 0 Å². The molecule has 4 nitrogen and oxygen atoms in total. The maximum atomic E-state index is 9.02. The fraction of sp³-hybridized carbons (Fsp3) is 0.226. The van der Waals surface area contributed by atoms with Gasteiger partial charge in [0.15, 0.2) is 0 Å². The number of hydrogen-bond donors (Lipinski definition) is 0. The van der Waals surface area contributed by atoms with Crippen molar-refractivity contribution < 1.29 is 0 Å². The molecule has 1 spiro atoms. The Balaban J connectivity index is 1.47. The van der Waals surface area contributed by atoms with Crippen molar-refractivity contribution in [3.8, 4) is 24.3 Å². The van der Waals surface area contributed by atoms with Crippen LogP contribution in [0.1, 0.15) is 36.1 Å². The first kappa shape index (κ1) is 28.8. The van der Waals surface area contributed by atoms with Crippen LogP contribution in [0.4, 0.5) is 0 Å². The third kappa shape index (κ3) is 7.05. The first-order chi connectivity index (χ1) is 18.9. The van der Waals surface area contributed by atoms with E-state index < -0.39 is 0 Å². The van der Waals surface area contributed by atoms with Crippen molar-refractivity contribution in [2.75, 3.05) is 23.0 Å². The van der Waals surface area contributed by atoms with E-state index in [2.05, 4.69) is 38.1 Å². The molecule has 0 unspecified atom stereocenters. The molecule has 39 heavy (non-hydrogen) atoms. The molecular weight excluding hydrogens is 557 g/mol. The van der Waals surface area contributed by atoms with Gasteiger partial charge in [-0.2, -0.15) is 21.0 Å². The monoisotopic (exact) mass is 580 g/mol. The Morgan fingerprint density at radius 1 is 0.590 bits per heavy atom. The zero-order valence-electron chi connectivity index (χ0n) is 21.5. The summed E-state index contributed by atoms with van der Waals surface area (Å²) in [5.41, 5.74) is 4.43. The third-order valence-corrected chi connectivity index (χ3v) is 12.5. The zero-order chi connectivity index (χ0) is 27.8. The van der Waals surface area contributed by atoms with Gasteiger partial charge in [-0.05, 0) is 58.1 Å². The summed E-state index contributed by atoms with van der Waals surface area (Å²) < 4.78 is 0. The molecular formula is C31H24N4S4. The highest BCUT2D eigenvalue weighted by Crippen LogP contribution is 2.52. The Morgan fingerprint density at radius 3 is 1.26 bits per heavy atom. The minimum atomic E-state index is 0.103. The van der Waals surface area contributed by atoms with E-state index in [-0.39, 0.29) is 16.6 Å². The van der Waals surface area contributed by atoms with Crippen LogP contribution in [-0.4, -0.2) is 23.0 Å². The van der Waals surface area contributed by atoms with Crippen molar-refractivity contribution in [1.82, 2.24) is 0 Å². The lowest BCUT2D eigenvalue weighted by Gasteiger charge is -2.30. The first-order valence-corrected chi connectivity index (χ1v) is 16.0. The Labute approximate surface area is 247 Å². The second-order valence-electron chi connectivity index (χ2n) is 9.23. The van der Waals surface area contributed by atoms with Crippen LogP contribution in [0.2, 0.25) is 0 Å². The molecule has 0 amide bonds. The molecule has 2 aliphatic rings. The van der Waals surface area contributed by atoms with E-state index in [0.29, 0.717) is 0 Å².